The maximum absolute atomic E-state index is 4.75. The van der Waals surface area contributed by atoms with Gasteiger partial charge < -0.3 is 9.80 Å². The highest BCUT2D eigenvalue weighted by Gasteiger charge is 2.28. The third kappa shape index (κ3) is 3.42. The van der Waals surface area contributed by atoms with Gasteiger partial charge in [-0.2, -0.15) is 9.61 Å². The van der Waals surface area contributed by atoms with Gasteiger partial charge >= 0.3 is 0 Å². The van der Waals surface area contributed by atoms with Gasteiger partial charge in [-0.15, -0.1) is 15.3 Å². The lowest BCUT2D eigenvalue weighted by Crippen LogP contribution is -2.46. The Labute approximate surface area is 165 Å². The molecule has 5 heterocycles. The van der Waals surface area contributed by atoms with Crippen molar-refractivity contribution in [1.29, 1.82) is 0 Å². The van der Waals surface area contributed by atoms with Gasteiger partial charge in [0.15, 0.2) is 17.3 Å². The third-order valence-corrected chi connectivity index (χ3v) is 6.36. The maximum atomic E-state index is 4.75. The van der Waals surface area contributed by atoms with Crippen LogP contribution in [0.1, 0.15) is 43.8 Å². The highest BCUT2D eigenvalue weighted by atomic mass is 15.4. The molecule has 28 heavy (non-hydrogen) atoms. The smallest absolute Gasteiger partial charge is 0.178 e. The summed E-state index contributed by atoms with van der Waals surface area (Å²) in [6.07, 6.45) is 9.96. The SMILES string of the molecule is CN1CCCCC1CN1CCC(c2nnc3ccc(-n4cccn4)nn23)CC1. The van der Waals surface area contributed by atoms with Gasteiger partial charge in [0.25, 0.3) is 0 Å². The summed E-state index contributed by atoms with van der Waals surface area (Å²) >= 11 is 0. The Morgan fingerprint density at radius 1 is 1.04 bits per heavy atom. The van der Waals surface area contributed by atoms with Crippen LogP contribution < -0.4 is 0 Å². The van der Waals surface area contributed by atoms with Crippen LogP contribution in [0.4, 0.5) is 0 Å². The zero-order chi connectivity index (χ0) is 18.9. The molecule has 0 N–H and O–H groups in total. The second kappa shape index (κ2) is 7.60. The summed E-state index contributed by atoms with van der Waals surface area (Å²) < 4.78 is 3.68. The van der Waals surface area contributed by atoms with E-state index in [2.05, 4.69) is 32.1 Å². The van der Waals surface area contributed by atoms with Crippen LogP contribution in [0.25, 0.3) is 11.5 Å². The first-order valence-corrected chi connectivity index (χ1v) is 10.4. The van der Waals surface area contributed by atoms with Crippen molar-refractivity contribution in [2.45, 2.75) is 44.1 Å². The lowest BCUT2D eigenvalue weighted by molar-refractivity contribution is 0.111. The number of rotatable bonds is 4. The molecule has 0 spiro atoms. The van der Waals surface area contributed by atoms with E-state index in [1.807, 2.05) is 28.9 Å². The lowest BCUT2D eigenvalue weighted by Gasteiger charge is -2.38. The molecule has 1 atom stereocenters. The van der Waals surface area contributed by atoms with Gasteiger partial charge in [-0.05, 0) is 70.6 Å². The van der Waals surface area contributed by atoms with Crippen LogP contribution in [-0.4, -0.2) is 78.7 Å². The van der Waals surface area contributed by atoms with E-state index in [4.69, 9.17) is 5.10 Å². The summed E-state index contributed by atoms with van der Waals surface area (Å²) in [5.74, 6) is 2.19. The lowest BCUT2D eigenvalue weighted by atomic mass is 9.95. The maximum Gasteiger partial charge on any atom is 0.178 e. The van der Waals surface area contributed by atoms with E-state index in [9.17, 15) is 0 Å². The standard InChI is InChI=1S/C20H28N8/c1-25-11-3-2-5-17(25)15-26-13-8-16(9-14-26)20-23-22-18-6-7-19(24-28(18)20)27-12-4-10-21-27/h4,6-7,10,12,16-17H,2-3,5,8-9,11,13-15H2,1H3. The highest BCUT2D eigenvalue weighted by Crippen LogP contribution is 2.28. The summed E-state index contributed by atoms with van der Waals surface area (Å²) in [6.45, 7) is 4.70. The van der Waals surface area contributed by atoms with Crippen molar-refractivity contribution >= 4 is 5.65 Å². The molecule has 2 saturated heterocycles. The molecule has 1 unspecified atom stereocenters. The van der Waals surface area contributed by atoms with Gasteiger partial charge in [-0.25, -0.2) is 4.68 Å². The first-order valence-electron chi connectivity index (χ1n) is 10.4. The molecule has 5 rings (SSSR count). The molecule has 8 heteroatoms. The quantitative estimate of drug-likeness (QED) is 0.689. The van der Waals surface area contributed by atoms with Gasteiger partial charge in [0.1, 0.15) is 0 Å². The molecule has 3 aromatic rings. The average Bonchev–Trinajstić information content (AvgIpc) is 3.40. The topological polar surface area (TPSA) is 67.4 Å². The molecule has 2 aliphatic heterocycles. The summed E-state index contributed by atoms with van der Waals surface area (Å²) in [5, 5.41) is 17.9. The van der Waals surface area contributed by atoms with E-state index in [1.54, 1.807) is 10.9 Å². The molecule has 0 aliphatic carbocycles. The Balaban J connectivity index is 1.28. The fourth-order valence-electron chi connectivity index (χ4n) is 4.62. The van der Waals surface area contributed by atoms with Crippen molar-refractivity contribution in [2.75, 3.05) is 33.2 Å². The minimum Gasteiger partial charge on any atom is -0.302 e. The summed E-state index contributed by atoms with van der Waals surface area (Å²) in [5.41, 5.74) is 0.803. The molecule has 2 fully saturated rings. The molecule has 2 aliphatic rings. The molecular weight excluding hydrogens is 352 g/mol. The van der Waals surface area contributed by atoms with Gasteiger partial charge in [-0.1, -0.05) is 6.42 Å². The number of likely N-dealkylation sites (tertiary alicyclic amines) is 2. The molecule has 0 radical (unpaired) electrons. The Morgan fingerprint density at radius 2 is 1.93 bits per heavy atom. The third-order valence-electron chi connectivity index (χ3n) is 6.36. The highest BCUT2D eigenvalue weighted by molar-refractivity contribution is 5.39. The van der Waals surface area contributed by atoms with Gasteiger partial charge in [0.2, 0.25) is 0 Å². The Kier molecular flexibility index (Phi) is 4.82. The number of hydrogen-bond acceptors (Lipinski definition) is 6. The van der Waals surface area contributed by atoms with Crippen LogP contribution in [0.2, 0.25) is 0 Å². The zero-order valence-electron chi connectivity index (χ0n) is 16.5. The van der Waals surface area contributed by atoms with Gasteiger partial charge in [-0.3, -0.25) is 0 Å². The minimum absolute atomic E-state index is 0.413. The molecule has 0 bridgehead atoms. The molecule has 0 amide bonds. The van der Waals surface area contributed by atoms with E-state index in [0.29, 0.717) is 5.92 Å². The van der Waals surface area contributed by atoms with Crippen molar-refractivity contribution in [3.05, 3.63) is 36.4 Å². The van der Waals surface area contributed by atoms with Gasteiger partial charge in [0.05, 0.1) is 0 Å². The van der Waals surface area contributed by atoms with E-state index >= 15 is 0 Å². The summed E-state index contributed by atoms with van der Waals surface area (Å²) in [6, 6.07) is 6.52. The first kappa shape index (κ1) is 17.8. The first-order chi connectivity index (χ1) is 13.8. The van der Waals surface area contributed by atoms with Crippen LogP contribution >= 0.6 is 0 Å². The number of nitrogens with zero attached hydrogens (tertiary/aromatic N) is 8. The Hall–Kier alpha value is -2.32. The largest absolute Gasteiger partial charge is 0.302 e. The predicted octanol–water partition coefficient (Wildman–Crippen LogP) is 1.97. The summed E-state index contributed by atoms with van der Waals surface area (Å²) in [4.78, 5) is 5.18. The number of aromatic nitrogens is 6. The summed E-state index contributed by atoms with van der Waals surface area (Å²) in [7, 11) is 2.28. The van der Waals surface area contributed by atoms with Crippen LogP contribution in [-0.2, 0) is 0 Å². The molecule has 0 aromatic carbocycles. The number of hydrogen-bond donors (Lipinski definition) is 0. The van der Waals surface area contributed by atoms with E-state index < -0.39 is 0 Å². The molecule has 0 saturated carbocycles. The van der Waals surface area contributed by atoms with E-state index in [1.165, 1.54) is 32.4 Å². The Bertz CT molecular complexity index is 910. The van der Waals surface area contributed by atoms with E-state index in [-0.39, 0.29) is 0 Å². The van der Waals surface area contributed by atoms with Crippen LogP contribution in [0.5, 0.6) is 0 Å². The molecular formula is C20H28N8. The zero-order valence-corrected chi connectivity index (χ0v) is 16.5. The van der Waals surface area contributed by atoms with Crippen molar-refractivity contribution in [2.24, 2.45) is 0 Å². The average molecular weight is 381 g/mol. The van der Waals surface area contributed by atoms with Crippen LogP contribution in [0.3, 0.4) is 0 Å². The number of piperidine rings is 2. The normalized spacial score (nSPS) is 22.8. The number of likely N-dealkylation sites (N-methyl/N-ethyl adjacent to an activating group) is 1. The minimum atomic E-state index is 0.413. The fourth-order valence-corrected chi connectivity index (χ4v) is 4.62. The molecule has 148 valence electrons. The van der Waals surface area contributed by atoms with Crippen molar-refractivity contribution in [1.82, 2.24) is 39.4 Å². The molecule has 3 aromatic heterocycles. The van der Waals surface area contributed by atoms with Crippen LogP contribution in [0, 0.1) is 0 Å². The monoisotopic (exact) mass is 380 g/mol. The second-order valence-electron chi connectivity index (χ2n) is 8.18. The van der Waals surface area contributed by atoms with E-state index in [0.717, 1.165) is 49.3 Å². The van der Waals surface area contributed by atoms with Crippen molar-refractivity contribution in [3.8, 4) is 5.82 Å². The fraction of sp³-hybridized carbons (Fsp3) is 0.600. The van der Waals surface area contributed by atoms with Crippen LogP contribution in [0.15, 0.2) is 30.6 Å². The van der Waals surface area contributed by atoms with Gasteiger partial charge in [0, 0.05) is 30.9 Å². The Morgan fingerprint density at radius 3 is 2.71 bits per heavy atom. The number of fused-ring (bicyclic) bond motifs is 1. The second-order valence-corrected chi connectivity index (χ2v) is 8.18. The van der Waals surface area contributed by atoms with Crippen molar-refractivity contribution in [3.63, 3.8) is 0 Å². The van der Waals surface area contributed by atoms with Crippen molar-refractivity contribution < 1.29 is 0 Å². The molecule has 8 nitrogen and oxygen atoms in total. The predicted molar refractivity (Wildman–Crippen MR) is 107 cm³/mol.